The third kappa shape index (κ3) is 4.29. The summed E-state index contributed by atoms with van der Waals surface area (Å²) in [4.78, 5) is 23.1. The molecule has 1 rings (SSSR count). The Morgan fingerprint density at radius 1 is 1.22 bits per heavy atom. The van der Waals surface area contributed by atoms with Crippen molar-refractivity contribution in [3.63, 3.8) is 0 Å². The van der Waals surface area contributed by atoms with Crippen molar-refractivity contribution in [1.29, 1.82) is 0 Å². The van der Waals surface area contributed by atoms with Gasteiger partial charge < -0.3 is 15.2 Å². The van der Waals surface area contributed by atoms with Crippen molar-refractivity contribution in [2.24, 2.45) is 0 Å². The molecule has 0 unspecified atom stereocenters. The van der Waals surface area contributed by atoms with Crippen molar-refractivity contribution in [1.82, 2.24) is 5.32 Å². The Bertz CT molecular complexity index is 285. The summed E-state index contributed by atoms with van der Waals surface area (Å²) < 4.78 is 5.15. The second-order valence-electron chi connectivity index (χ2n) is 4.86. The fraction of sp³-hybridized carbons (Fsp3) is 0.846. The summed E-state index contributed by atoms with van der Waals surface area (Å²) in [6, 6.07) is 0. The Morgan fingerprint density at radius 2 is 1.89 bits per heavy atom. The third-order valence-electron chi connectivity index (χ3n) is 3.39. The number of nitrogens with one attached hydrogen (secondary N) is 1. The molecule has 104 valence electrons. The highest BCUT2D eigenvalue weighted by Gasteiger charge is 2.41. The fourth-order valence-corrected chi connectivity index (χ4v) is 2.15. The van der Waals surface area contributed by atoms with Crippen LogP contribution in [0.25, 0.3) is 0 Å². The molecule has 1 saturated heterocycles. The van der Waals surface area contributed by atoms with Crippen LogP contribution < -0.4 is 5.32 Å². The molecular formula is C13H23NO4. The van der Waals surface area contributed by atoms with Crippen LogP contribution in [-0.4, -0.2) is 35.7 Å². The molecule has 0 aromatic heterocycles. The van der Waals surface area contributed by atoms with Gasteiger partial charge in [-0.2, -0.15) is 0 Å². The van der Waals surface area contributed by atoms with E-state index in [1.165, 1.54) is 0 Å². The molecule has 0 aromatic carbocycles. The monoisotopic (exact) mass is 257 g/mol. The van der Waals surface area contributed by atoms with Crippen LogP contribution in [0.4, 0.5) is 0 Å². The van der Waals surface area contributed by atoms with Gasteiger partial charge in [-0.25, -0.2) is 4.79 Å². The minimum Gasteiger partial charge on any atom is -0.480 e. The van der Waals surface area contributed by atoms with Crippen molar-refractivity contribution in [3.05, 3.63) is 0 Å². The maximum absolute atomic E-state index is 11.8. The van der Waals surface area contributed by atoms with Crippen LogP contribution in [0, 0.1) is 0 Å². The molecule has 1 amide bonds. The average Bonchev–Trinajstić information content (AvgIpc) is 2.35. The van der Waals surface area contributed by atoms with Gasteiger partial charge in [0.05, 0.1) is 0 Å². The first-order valence-corrected chi connectivity index (χ1v) is 6.73. The zero-order chi connectivity index (χ0) is 13.4. The SMILES string of the molecule is CCCCCCC(=O)NC1(C(=O)O)CCOCC1. The number of rotatable bonds is 7. The lowest BCUT2D eigenvalue weighted by atomic mass is 9.90. The van der Waals surface area contributed by atoms with Crippen LogP contribution in [0.5, 0.6) is 0 Å². The smallest absolute Gasteiger partial charge is 0.329 e. The summed E-state index contributed by atoms with van der Waals surface area (Å²) in [5.74, 6) is -1.11. The minimum atomic E-state index is -1.11. The van der Waals surface area contributed by atoms with E-state index in [0.29, 0.717) is 32.5 Å². The molecule has 0 aromatic rings. The van der Waals surface area contributed by atoms with Crippen LogP contribution in [0.15, 0.2) is 0 Å². The van der Waals surface area contributed by atoms with Crippen molar-refractivity contribution in [2.75, 3.05) is 13.2 Å². The lowest BCUT2D eigenvalue weighted by molar-refractivity contribution is -0.152. The number of carboxylic acid groups (broad SMARTS) is 1. The summed E-state index contributed by atoms with van der Waals surface area (Å²) in [5.41, 5.74) is -1.11. The van der Waals surface area contributed by atoms with E-state index in [2.05, 4.69) is 12.2 Å². The number of aliphatic carboxylic acids is 1. The normalized spacial score (nSPS) is 18.3. The first kappa shape index (κ1) is 15.0. The lowest BCUT2D eigenvalue weighted by Crippen LogP contribution is -2.57. The van der Waals surface area contributed by atoms with E-state index < -0.39 is 11.5 Å². The van der Waals surface area contributed by atoms with Crippen LogP contribution in [0.1, 0.15) is 51.9 Å². The van der Waals surface area contributed by atoms with E-state index in [1.807, 2.05) is 0 Å². The predicted octanol–water partition coefficient (Wildman–Crippen LogP) is 1.71. The van der Waals surface area contributed by atoms with E-state index >= 15 is 0 Å². The van der Waals surface area contributed by atoms with Gasteiger partial charge in [-0.05, 0) is 6.42 Å². The van der Waals surface area contributed by atoms with Crippen molar-refractivity contribution in [3.8, 4) is 0 Å². The molecule has 0 spiro atoms. The molecule has 5 nitrogen and oxygen atoms in total. The Balaban J connectivity index is 2.41. The Labute approximate surface area is 108 Å². The van der Waals surface area contributed by atoms with Crippen LogP contribution >= 0.6 is 0 Å². The first-order chi connectivity index (χ1) is 8.60. The van der Waals surface area contributed by atoms with Crippen molar-refractivity contribution < 1.29 is 19.4 Å². The first-order valence-electron chi connectivity index (χ1n) is 6.73. The maximum atomic E-state index is 11.8. The largest absolute Gasteiger partial charge is 0.480 e. The molecule has 0 bridgehead atoms. The topological polar surface area (TPSA) is 75.6 Å². The molecule has 1 aliphatic heterocycles. The highest BCUT2D eigenvalue weighted by molar-refractivity contribution is 5.87. The number of hydrogen-bond donors (Lipinski definition) is 2. The average molecular weight is 257 g/mol. The second kappa shape index (κ2) is 7.36. The summed E-state index contributed by atoms with van der Waals surface area (Å²) in [5, 5.41) is 12.0. The van der Waals surface area contributed by atoms with Gasteiger partial charge in [-0.3, -0.25) is 4.79 Å². The van der Waals surface area contributed by atoms with Crippen LogP contribution in [0.2, 0.25) is 0 Å². The summed E-state index contributed by atoms with van der Waals surface area (Å²) in [7, 11) is 0. The van der Waals surface area contributed by atoms with Crippen molar-refractivity contribution >= 4 is 11.9 Å². The van der Waals surface area contributed by atoms with Gasteiger partial charge in [-0.15, -0.1) is 0 Å². The number of carboxylic acids is 1. The number of unbranched alkanes of at least 4 members (excludes halogenated alkanes) is 3. The Hall–Kier alpha value is -1.10. The molecule has 2 N–H and O–H groups in total. The van der Waals surface area contributed by atoms with E-state index in [0.717, 1.165) is 25.7 Å². The van der Waals surface area contributed by atoms with E-state index in [1.54, 1.807) is 0 Å². The van der Waals surface area contributed by atoms with Gasteiger partial charge >= 0.3 is 5.97 Å². The molecule has 0 saturated carbocycles. The summed E-state index contributed by atoms with van der Waals surface area (Å²) in [6.07, 6.45) is 5.20. The summed E-state index contributed by atoms with van der Waals surface area (Å²) >= 11 is 0. The molecule has 1 heterocycles. The third-order valence-corrected chi connectivity index (χ3v) is 3.39. The summed E-state index contributed by atoms with van der Waals surface area (Å²) in [6.45, 7) is 2.90. The minimum absolute atomic E-state index is 0.157. The number of carbonyl (C=O) groups is 2. The zero-order valence-corrected chi connectivity index (χ0v) is 11.0. The second-order valence-corrected chi connectivity index (χ2v) is 4.86. The zero-order valence-electron chi connectivity index (χ0n) is 11.0. The standard InChI is InChI=1S/C13H23NO4/c1-2-3-4-5-6-11(15)14-13(12(16)17)7-9-18-10-8-13/h2-10H2,1H3,(H,14,15)(H,16,17). The van der Waals surface area contributed by atoms with E-state index in [-0.39, 0.29) is 5.91 Å². The van der Waals surface area contributed by atoms with E-state index in [4.69, 9.17) is 4.74 Å². The highest BCUT2D eigenvalue weighted by atomic mass is 16.5. The molecule has 1 fully saturated rings. The molecule has 0 radical (unpaired) electrons. The fourth-order valence-electron chi connectivity index (χ4n) is 2.15. The van der Waals surface area contributed by atoms with Gasteiger partial charge in [0.1, 0.15) is 5.54 Å². The number of amides is 1. The molecular weight excluding hydrogens is 234 g/mol. The lowest BCUT2D eigenvalue weighted by Gasteiger charge is -2.33. The van der Waals surface area contributed by atoms with Gasteiger partial charge in [0.25, 0.3) is 0 Å². The van der Waals surface area contributed by atoms with Crippen LogP contribution in [-0.2, 0) is 14.3 Å². The molecule has 0 atom stereocenters. The maximum Gasteiger partial charge on any atom is 0.329 e. The molecule has 0 aliphatic carbocycles. The van der Waals surface area contributed by atoms with Gasteiger partial charge in [0.2, 0.25) is 5.91 Å². The number of hydrogen-bond acceptors (Lipinski definition) is 3. The highest BCUT2D eigenvalue weighted by Crippen LogP contribution is 2.21. The van der Waals surface area contributed by atoms with Gasteiger partial charge in [0, 0.05) is 32.5 Å². The quantitative estimate of drug-likeness (QED) is 0.681. The number of carbonyl (C=O) groups excluding carboxylic acids is 1. The number of ether oxygens (including phenoxy) is 1. The van der Waals surface area contributed by atoms with Gasteiger partial charge in [-0.1, -0.05) is 26.2 Å². The van der Waals surface area contributed by atoms with E-state index in [9.17, 15) is 14.7 Å². The van der Waals surface area contributed by atoms with Gasteiger partial charge in [0.15, 0.2) is 0 Å². The predicted molar refractivity (Wildman–Crippen MR) is 67.3 cm³/mol. The Morgan fingerprint density at radius 3 is 2.44 bits per heavy atom. The molecule has 5 heteroatoms. The Kier molecular flexibility index (Phi) is 6.12. The van der Waals surface area contributed by atoms with Crippen molar-refractivity contribution in [2.45, 2.75) is 57.4 Å². The molecule has 18 heavy (non-hydrogen) atoms. The van der Waals surface area contributed by atoms with Crippen LogP contribution in [0.3, 0.4) is 0 Å². The molecule has 1 aliphatic rings.